The Morgan fingerprint density at radius 2 is 1.79 bits per heavy atom. The lowest BCUT2D eigenvalue weighted by Crippen LogP contribution is -2.12. The molecule has 3 nitrogen and oxygen atoms in total. The summed E-state index contributed by atoms with van der Waals surface area (Å²) in [4.78, 5) is 9.41. The van der Waals surface area contributed by atoms with Crippen molar-refractivity contribution in [3.8, 4) is 0 Å². The van der Waals surface area contributed by atoms with Crippen LogP contribution < -0.4 is 5.73 Å². The van der Waals surface area contributed by atoms with E-state index in [1.54, 1.807) is 0 Å². The first-order chi connectivity index (χ1) is 9.08. The van der Waals surface area contributed by atoms with Crippen LogP contribution in [-0.2, 0) is 6.42 Å². The molecule has 0 radical (unpaired) electrons. The summed E-state index contributed by atoms with van der Waals surface area (Å²) >= 11 is 2.28. The Balaban J connectivity index is 2.26. The molecule has 1 saturated carbocycles. The topological polar surface area (TPSA) is 51.8 Å². The fourth-order valence-electron chi connectivity index (χ4n) is 2.77. The van der Waals surface area contributed by atoms with Gasteiger partial charge in [0.2, 0.25) is 0 Å². The predicted molar refractivity (Wildman–Crippen MR) is 88.1 cm³/mol. The van der Waals surface area contributed by atoms with Gasteiger partial charge in [-0.15, -0.1) is 0 Å². The van der Waals surface area contributed by atoms with E-state index in [0.29, 0.717) is 17.7 Å². The maximum atomic E-state index is 6.08. The van der Waals surface area contributed by atoms with Crippen molar-refractivity contribution >= 4 is 28.4 Å². The molecular weight excluding hydrogens is 349 g/mol. The second kappa shape index (κ2) is 6.86. The van der Waals surface area contributed by atoms with Gasteiger partial charge in [-0.1, -0.05) is 39.5 Å². The Labute approximate surface area is 129 Å². The molecule has 0 atom stereocenters. The normalized spacial score (nSPS) is 17.7. The summed E-state index contributed by atoms with van der Waals surface area (Å²) in [6.07, 6.45) is 8.76. The monoisotopic (exact) mass is 373 g/mol. The van der Waals surface area contributed by atoms with E-state index in [4.69, 9.17) is 10.7 Å². The summed E-state index contributed by atoms with van der Waals surface area (Å²) in [5.74, 6) is 2.79. The zero-order valence-corrected chi connectivity index (χ0v) is 14.1. The van der Waals surface area contributed by atoms with Crippen LogP contribution in [0.15, 0.2) is 0 Å². The smallest absolute Gasteiger partial charge is 0.140 e. The fourth-order valence-corrected chi connectivity index (χ4v) is 3.24. The van der Waals surface area contributed by atoms with Crippen LogP contribution in [0, 0.1) is 9.49 Å². The maximum absolute atomic E-state index is 6.08. The predicted octanol–water partition coefficient (Wildman–Crippen LogP) is 4.30. The first-order valence-electron chi connectivity index (χ1n) is 7.39. The van der Waals surface area contributed by atoms with E-state index < -0.39 is 0 Å². The number of rotatable bonds is 3. The molecule has 0 unspecified atom stereocenters. The minimum atomic E-state index is 0.521. The van der Waals surface area contributed by atoms with Gasteiger partial charge in [0.1, 0.15) is 11.6 Å². The second-order valence-corrected chi connectivity index (χ2v) is 7.09. The van der Waals surface area contributed by atoms with Gasteiger partial charge in [-0.25, -0.2) is 9.97 Å². The number of nitrogen functional groups attached to an aromatic ring is 1. The largest absolute Gasteiger partial charge is 0.383 e. The van der Waals surface area contributed by atoms with E-state index in [1.807, 2.05) is 0 Å². The van der Waals surface area contributed by atoms with Crippen LogP contribution in [-0.4, -0.2) is 9.97 Å². The summed E-state index contributed by atoms with van der Waals surface area (Å²) in [7, 11) is 0. The Morgan fingerprint density at radius 1 is 1.16 bits per heavy atom. The lowest BCUT2D eigenvalue weighted by Gasteiger charge is -2.16. The highest BCUT2D eigenvalue weighted by Gasteiger charge is 2.20. The first-order valence-corrected chi connectivity index (χ1v) is 8.47. The molecule has 0 spiro atoms. The third-order valence-corrected chi connectivity index (χ3v) is 4.96. The Hall–Kier alpha value is -0.390. The number of hydrogen-bond acceptors (Lipinski definition) is 3. The minimum absolute atomic E-state index is 0.521. The molecule has 19 heavy (non-hydrogen) atoms. The van der Waals surface area contributed by atoms with Crippen molar-refractivity contribution in [3.05, 3.63) is 15.1 Å². The van der Waals surface area contributed by atoms with Gasteiger partial charge >= 0.3 is 0 Å². The van der Waals surface area contributed by atoms with Gasteiger partial charge in [-0.2, -0.15) is 0 Å². The van der Waals surface area contributed by atoms with Crippen LogP contribution in [0.1, 0.15) is 69.8 Å². The van der Waals surface area contributed by atoms with Crippen LogP contribution in [0.4, 0.5) is 5.82 Å². The van der Waals surface area contributed by atoms with Gasteiger partial charge < -0.3 is 5.73 Å². The van der Waals surface area contributed by atoms with Gasteiger partial charge in [-0.3, -0.25) is 0 Å². The van der Waals surface area contributed by atoms with Crippen molar-refractivity contribution in [2.45, 2.75) is 64.7 Å². The van der Waals surface area contributed by atoms with Crippen molar-refractivity contribution in [1.29, 1.82) is 0 Å². The molecule has 4 heteroatoms. The van der Waals surface area contributed by atoms with Crippen molar-refractivity contribution in [2.75, 3.05) is 5.73 Å². The number of nitrogens with two attached hydrogens (primary N) is 1. The summed E-state index contributed by atoms with van der Waals surface area (Å²) in [5.41, 5.74) is 7.23. The minimum Gasteiger partial charge on any atom is -0.383 e. The zero-order chi connectivity index (χ0) is 13.8. The first kappa shape index (κ1) is 15.0. The molecule has 0 bridgehead atoms. The maximum Gasteiger partial charge on any atom is 0.140 e. The van der Waals surface area contributed by atoms with Crippen molar-refractivity contribution in [2.24, 2.45) is 5.92 Å². The average Bonchev–Trinajstić information content (AvgIpc) is 2.63. The quantitative estimate of drug-likeness (QED) is 0.635. The lowest BCUT2D eigenvalue weighted by atomic mass is 9.99. The molecule has 0 aromatic carbocycles. The molecular formula is C15H24IN3. The second-order valence-electron chi connectivity index (χ2n) is 6.01. The van der Waals surface area contributed by atoms with Gasteiger partial charge in [0.05, 0.1) is 9.26 Å². The highest BCUT2D eigenvalue weighted by Crippen LogP contribution is 2.31. The van der Waals surface area contributed by atoms with E-state index >= 15 is 0 Å². The summed E-state index contributed by atoms with van der Waals surface area (Å²) in [5, 5.41) is 0. The van der Waals surface area contributed by atoms with E-state index in [-0.39, 0.29) is 0 Å². The molecule has 1 heterocycles. The standard InChI is InChI=1S/C15H24IN3/c1-10(2)9-12-13(16)14(17)19-15(18-12)11-7-5-3-4-6-8-11/h10-11H,3-9H2,1-2H3,(H2,17,18,19). The zero-order valence-electron chi connectivity index (χ0n) is 12.0. The van der Waals surface area contributed by atoms with Crippen LogP contribution in [0.3, 0.4) is 0 Å². The Bertz CT molecular complexity index is 424. The van der Waals surface area contributed by atoms with Gasteiger partial charge in [0.15, 0.2) is 0 Å². The molecule has 1 aromatic heterocycles. The summed E-state index contributed by atoms with van der Waals surface area (Å²) in [6.45, 7) is 4.44. The molecule has 0 amide bonds. The molecule has 2 N–H and O–H groups in total. The number of anilines is 1. The van der Waals surface area contributed by atoms with Crippen molar-refractivity contribution < 1.29 is 0 Å². The molecule has 106 valence electrons. The van der Waals surface area contributed by atoms with Gasteiger partial charge in [0.25, 0.3) is 0 Å². The molecule has 2 rings (SSSR count). The van der Waals surface area contributed by atoms with Crippen molar-refractivity contribution in [3.63, 3.8) is 0 Å². The number of hydrogen-bond donors (Lipinski definition) is 1. The van der Waals surface area contributed by atoms with Crippen LogP contribution in [0.25, 0.3) is 0 Å². The van der Waals surface area contributed by atoms with Crippen LogP contribution in [0.5, 0.6) is 0 Å². The Kier molecular flexibility index (Phi) is 5.42. The SMILES string of the molecule is CC(C)Cc1nc(C2CCCCCC2)nc(N)c1I. The molecule has 1 aliphatic carbocycles. The number of nitrogens with zero attached hydrogens (tertiary/aromatic N) is 2. The van der Waals surface area contributed by atoms with E-state index in [1.165, 1.54) is 38.5 Å². The van der Waals surface area contributed by atoms with Crippen molar-refractivity contribution in [1.82, 2.24) is 9.97 Å². The van der Waals surface area contributed by atoms with E-state index in [2.05, 4.69) is 41.4 Å². The van der Waals surface area contributed by atoms with E-state index in [9.17, 15) is 0 Å². The third kappa shape index (κ3) is 4.04. The highest BCUT2D eigenvalue weighted by molar-refractivity contribution is 14.1. The lowest BCUT2D eigenvalue weighted by molar-refractivity contribution is 0.551. The molecule has 0 saturated heterocycles. The summed E-state index contributed by atoms with van der Waals surface area (Å²) < 4.78 is 1.05. The molecule has 0 aliphatic heterocycles. The van der Waals surface area contributed by atoms with Crippen LogP contribution >= 0.6 is 22.6 Å². The molecule has 1 aromatic rings. The highest BCUT2D eigenvalue weighted by atomic mass is 127. The van der Waals surface area contributed by atoms with Gasteiger partial charge in [-0.05, 0) is 47.8 Å². The van der Waals surface area contributed by atoms with Gasteiger partial charge in [0, 0.05) is 5.92 Å². The van der Waals surface area contributed by atoms with Crippen LogP contribution in [0.2, 0.25) is 0 Å². The molecule has 1 fully saturated rings. The fraction of sp³-hybridized carbons (Fsp3) is 0.733. The summed E-state index contributed by atoms with van der Waals surface area (Å²) in [6, 6.07) is 0. The van der Waals surface area contributed by atoms with E-state index in [0.717, 1.165) is 21.5 Å². The molecule has 1 aliphatic rings. The number of halogens is 1. The average molecular weight is 373 g/mol. The number of aromatic nitrogens is 2. The Morgan fingerprint density at radius 3 is 2.37 bits per heavy atom. The third-order valence-electron chi connectivity index (χ3n) is 3.78.